The van der Waals surface area contributed by atoms with Gasteiger partial charge in [0.05, 0.1) is 15.7 Å². The zero-order chi connectivity index (χ0) is 13.8. The Hall–Kier alpha value is -0.810. The van der Waals surface area contributed by atoms with Gasteiger partial charge in [-0.3, -0.25) is 4.21 Å². The van der Waals surface area contributed by atoms with Crippen molar-refractivity contribution in [2.75, 3.05) is 12.8 Å². The second-order valence-electron chi connectivity index (χ2n) is 5.03. The van der Waals surface area contributed by atoms with Gasteiger partial charge < -0.3 is 5.32 Å². The number of hydrogen-bond donors (Lipinski definition) is 1. The molecule has 0 radical (unpaired) electrons. The van der Waals surface area contributed by atoms with Gasteiger partial charge >= 0.3 is 0 Å². The topological polar surface area (TPSA) is 29.1 Å². The molecule has 2 atom stereocenters. The van der Waals surface area contributed by atoms with E-state index in [1.807, 2.05) is 7.05 Å². The van der Waals surface area contributed by atoms with Crippen molar-refractivity contribution in [3.8, 4) is 0 Å². The molecule has 0 aromatic heterocycles. The smallest absolute Gasteiger partial charge is 0.142 e. The Bertz CT molecular complexity index is 461. The molecule has 1 saturated carbocycles. The van der Waals surface area contributed by atoms with Gasteiger partial charge in [-0.2, -0.15) is 0 Å². The predicted molar refractivity (Wildman–Crippen MR) is 72.4 cm³/mol. The maximum Gasteiger partial charge on any atom is 0.142 e. The summed E-state index contributed by atoms with van der Waals surface area (Å²) < 4.78 is 38.6. The molecule has 0 spiro atoms. The molecule has 0 aliphatic heterocycles. The molecule has 1 aromatic carbocycles. The Labute approximate surface area is 115 Å². The highest BCUT2D eigenvalue weighted by atomic mass is 32.2. The second-order valence-corrected chi connectivity index (χ2v) is 6.49. The van der Waals surface area contributed by atoms with Crippen molar-refractivity contribution in [1.29, 1.82) is 0 Å². The molecule has 5 heteroatoms. The molecule has 0 bridgehead atoms. The summed E-state index contributed by atoms with van der Waals surface area (Å²) in [4.78, 5) is 0.0969. The summed E-state index contributed by atoms with van der Waals surface area (Å²) in [7, 11) is 0.415. The lowest BCUT2D eigenvalue weighted by atomic mass is 10.0. The van der Waals surface area contributed by atoms with Gasteiger partial charge in [0.2, 0.25) is 0 Å². The summed E-state index contributed by atoms with van der Waals surface area (Å²) in [6.45, 7) is 0. The van der Waals surface area contributed by atoms with Crippen LogP contribution in [0.1, 0.15) is 25.7 Å². The van der Waals surface area contributed by atoms with E-state index in [-0.39, 0.29) is 10.9 Å². The maximum absolute atomic E-state index is 13.6. The van der Waals surface area contributed by atoms with Crippen LogP contribution in [-0.2, 0) is 10.8 Å². The average molecular weight is 287 g/mol. The van der Waals surface area contributed by atoms with Crippen molar-refractivity contribution in [2.45, 2.75) is 36.6 Å². The zero-order valence-corrected chi connectivity index (χ0v) is 11.8. The largest absolute Gasteiger partial charge is 0.316 e. The molecule has 1 aromatic rings. The van der Waals surface area contributed by atoms with Gasteiger partial charge in [0.1, 0.15) is 11.6 Å². The summed E-state index contributed by atoms with van der Waals surface area (Å²) in [6, 6.07) is 3.35. The monoisotopic (exact) mass is 287 g/mol. The molecule has 0 saturated heterocycles. The highest BCUT2D eigenvalue weighted by Gasteiger charge is 2.26. The number of rotatable bonds is 5. The molecule has 106 valence electrons. The lowest BCUT2D eigenvalue weighted by Crippen LogP contribution is -2.37. The molecule has 1 fully saturated rings. The third-order valence-electron chi connectivity index (χ3n) is 3.81. The van der Waals surface area contributed by atoms with Crippen LogP contribution in [-0.4, -0.2) is 23.1 Å². The molecule has 2 unspecified atom stereocenters. The molecule has 1 aliphatic rings. The van der Waals surface area contributed by atoms with E-state index in [1.165, 1.54) is 18.9 Å². The summed E-state index contributed by atoms with van der Waals surface area (Å²) in [6.07, 6.45) is 4.68. The van der Waals surface area contributed by atoms with E-state index >= 15 is 0 Å². The van der Waals surface area contributed by atoms with E-state index in [0.717, 1.165) is 25.0 Å². The normalized spacial score (nSPS) is 19.5. The quantitative estimate of drug-likeness (QED) is 0.902. The van der Waals surface area contributed by atoms with Crippen LogP contribution in [0.5, 0.6) is 0 Å². The molecule has 0 amide bonds. The number of hydrogen-bond acceptors (Lipinski definition) is 2. The molecule has 19 heavy (non-hydrogen) atoms. The lowest BCUT2D eigenvalue weighted by Gasteiger charge is -2.22. The van der Waals surface area contributed by atoms with Crippen LogP contribution in [0.4, 0.5) is 8.78 Å². The molecule has 1 aliphatic carbocycles. The maximum atomic E-state index is 13.6. The van der Waals surface area contributed by atoms with Gasteiger partial charge in [-0.15, -0.1) is 0 Å². The molecular formula is C14H19F2NOS. The van der Waals surface area contributed by atoms with Gasteiger partial charge in [-0.1, -0.05) is 12.8 Å². The van der Waals surface area contributed by atoms with Crippen LogP contribution in [0.15, 0.2) is 23.1 Å². The van der Waals surface area contributed by atoms with Gasteiger partial charge in [-0.25, -0.2) is 8.78 Å². The van der Waals surface area contributed by atoms with Gasteiger partial charge in [0.15, 0.2) is 0 Å². The van der Waals surface area contributed by atoms with Crippen molar-refractivity contribution in [3.05, 3.63) is 29.8 Å². The summed E-state index contributed by atoms with van der Waals surface area (Å²) in [5.74, 6) is -0.472. The Morgan fingerprint density at radius 1 is 1.37 bits per heavy atom. The van der Waals surface area contributed by atoms with Crippen molar-refractivity contribution in [1.82, 2.24) is 5.32 Å². The molecule has 2 nitrogen and oxygen atoms in total. The van der Waals surface area contributed by atoms with Crippen LogP contribution < -0.4 is 5.32 Å². The van der Waals surface area contributed by atoms with E-state index in [2.05, 4.69) is 5.32 Å². The lowest BCUT2D eigenvalue weighted by molar-refractivity contribution is 0.407. The van der Waals surface area contributed by atoms with E-state index in [9.17, 15) is 13.0 Å². The van der Waals surface area contributed by atoms with E-state index in [0.29, 0.717) is 11.7 Å². The van der Waals surface area contributed by atoms with E-state index < -0.39 is 22.4 Å². The first-order valence-corrected chi connectivity index (χ1v) is 7.94. The van der Waals surface area contributed by atoms with E-state index in [4.69, 9.17) is 0 Å². The Morgan fingerprint density at radius 3 is 2.63 bits per heavy atom. The van der Waals surface area contributed by atoms with Crippen LogP contribution >= 0.6 is 0 Å². The predicted octanol–water partition coefficient (Wildman–Crippen LogP) is 2.85. The van der Waals surface area contributed by atoms with Crippen LogP contribution in [0.2, 0.25) is 0 Å². The average Bonchev–Trinajstić information content (AvgIpc) is 2.89. The van der Waals surface area contributed by atoms with Crippen molar-refractivity contribution >= 4 is 10.8 Å². The van der Waals surface area contributed by atoms with Gasteiger partial charge in [0, 0.05) is 17.9 Å². The molecule has 0 heterocycles. The minimum absolute atomic E-state index is 0.0969. The first-order chi connectivity index (χ1) is 9.11. The Morgan fingerprint density at radius 2 is 2.05 bits per heavy atom. The highest BCUT2D eigenvalue weighted by molar-refractivity contribution is 7.85. The minimum Gasteiger partial charge on any atom is -0.316 e. The summed E-state index contributed by atoms with van der Waals surface area (Å²) in [5.41, 5.74) is 0. The van der Waals surface area contributed by atoms with Crippen molar-refractivity contribution in [2.24, 2.45) is 5.92 Å². The highest BCUT2D eigenvalue weighted by Crippen LogP contribution is 2.28. The Kier molecular flexibility index (Phi) is 5.05. The third-order valence-corrected chi connectivity index (χ3v) is 5.29. The van der Waals surface area contributed by atoms with Crippen molar-refractivity contribution in [3.63, 3.8) is 0 Å². The fraction of sp³-hybridized carbons (Fsp3) is 0.571. The SMILES string of the molecule is CNC(CS(=O)c1ccc(F)cc1F)C1CCCC1. The number of benzene rings is 1. The summed E-state index contributed by atoms with van der Waals surface area (Å²) >= 11 is 0. The number of nitrogens with one attached hydrogen (secondary N) is 1. The van der Waals surface area contributed by atoms with Crippen LogP contribution in [0.25, 0.3) is 0 Å². The first kappa shape index (κ1) is 14.6. The minimum atomic E-state index is -1.43. The fourth-order valence-electron chi connectivity index (χ4n) is 2.73. The zero-order valence-electron chi connectivity index (χ0n) is 11.0. The van der Waals surface area contributed by atoms with Crippen LogP contribution in [0, 0.1) is 17.6 Å². The first-order valence-electron chi connectivity index (χ1n) is 6.62. The fourth-order valence-corrected chi connectivity index (χ4v) is 4.17. The standard InChI is InChI=1S/C14H19F2NOS/c1-17-13(10-4-2-3-5-10)9-19(18)14-7-6-11(15)8-12(14)16/h6-8,10,13,17H,2-5,9H2,1H3. The number of halogens is 2. The molecular weight excluding hydrogens is 268 g/mol. The Balaban J connectivity index is 2.06. The summed E-state index contributed by atoms with van der Waals surface area (Å²) in [5, 5.41) is 3.19. The van der Waals surface area contributed by atoms with Crippen LogP contribution in [0.3, 0.4) is 0 Å². The van der Waals surface area contributed by atoms with Gasteiger partial charge in [0.25, 0.3) is 0 Å². The molecule has 1 N–H and O–H groups in total. The van der Waals surface area contributed by atoms with Gasteiger partial charge in [-0.05, 0) is 37.9 Å². The van der Waals surface area contributed by atoms with E-state index in [1.54, 1.807) is 0 Å². The second kappa shape index (κ2) is 6.57. The molecule has 2 rings (SSSR count). The third kappa shape index (κ3) is 3.60. The van der Waals surface area contributed by atoms with Crippen molar-refractivity contribution < 1.29 is 13.0 Å².